The molecule has 6 rings (SSSR count). The van der Waals surface area contributed by atoms with Crippen LogP contribution in [0.5, 0.6) is 0 Å². The second-order valence-electron chi connectivity index (χ2n) is 9.99. The van der Waals surface area contributed by atoms with Crippen molar-refractivity contribution in [2.75, 3.05) is 4.90 Å². The van der Waals surface area contributed by atoms with Crippen LogP contribution in [0.4, 0.5) is 5.69 Å². The first kappa shape index (κ1) is 22.1. The number of hydrogen-bond acceptors (Lipinski definition) is 2. The molecular weight excluding hydrogens is 454 g/mol. The Hall–Kier alpha value is -3.43. The second-order valence-corrected chi connectivity index (χ2v) is 10.4. The minimum absolute atomic E-state index is 0.0939. The highest BCUT2D eigenvalue weighted by atomic mass is 35.5. The summed E-state index contributed by atoms with van der Waals surface area (Å²) in [6.45, 7) is 6.07. The van der Waals surface area contributed by atoms with E-state index < -0.39 is 0 Å². The molecule has 2 amide bonds. The zero-order chi connectivity index (χ0) is 24.4. The predicted octanol–water partition coefficient (Wildman–Crippen LogP) is 6.69. The van der Waals surface area contributed by atoms with E-state index in [0.717, 1.165) is 22.3 Å². The molecule has 1 saturated carbocycles. The van der Waals surface area contributed by atoms with Gasteiger partial charge in [-0.1, -0.05) is 89.5 Å². The SMILES string of the molecule is Cc1ccc(C(=C2[C@H]3C=C[C@H]2[C@@H]2C(=O)N(c4cc(Cl)ccc4C)C(=O)[C@H]23)c2ccc(C)cc2)cc1. The summed E-state index contributed by atoms with van der Waals surface area (Å²) in [5.74, 6) is -1.18. The number of fused-ring (bicyclic) bond motifs is 5. The maximum absolute atomic E-state index is 13.8. The summed E-state index contributed by atoms with van der Waals surface area (Å²) in [5.41, 5.74) is 8.44. The number of anilines is 1. The standard InChI is InChI=1S/C31H26ClNO2/c1-17-4-9-20(10-5-17)26(21-11-6-18(2)7-12-21)27-23-14-15-24(27)29-28(23)30(34)33(31(29)35)25-16-22(32)13-8-19(25)3/h4-16,23-24,28-29H,1-3H3/t23-,24-,28+,29+/m1/s1. The summed E-state index contributed by atoms with van der Waals surface area (Å²) in [6.07, 6.45) is 4.28. The minimum atomic E-state index is -0.378. The Balaban J connectivity index is 1.49. The van der Waals surface area contributed by atoms with Crippen molar-refractivity contribution < 1.29 is 9.59 Å². The molecule has 1 heterocycles. The number of carbonyl (C=O) groups is 2. The van der Waals surface area contributed by atoms with Gasteiger partial charge in [0.15, 0.2) is 0 Å². The Morgan fingerprint density at radius 1 is 0.714 bits per heavy atom. The van der Waals surface area contributed by atoms with Crippen molar-refractivity contribution in [3.8, 4) is 0 Å². The third kappa shape index (κ3) is 3.33. The van der Waals surface area contributed by atoms with E-state index in [1.54, 1.807) is 12.1 Å². The van der Waals surface area contributed by atoms with Gasteiger partial charge in [0.05, 0.1) is 17.5 Å². The summed E-state index contributed by atoms with van der Waals surface area (Å²) >= 11 is 6.23. The van der Waals surface area contributed by atoms with Gasteiger partial charge in [0.25, 0.3) is 0 Å². The first-order chi connectivity index (χ1) is 16.8. The van der Waals surface area contributed by atoms with Gasteiger partial charge in [-0.2, -0.15) is 0 Å². The zero-order valence-electron chi connectivity index (χ0n) is 20.0. The van der Waals surface area contributed by atoms with Crippen LogP contribution in [0.15, 0.2) is 84.5 Å². The number of rotatable bonds is 3. The van der Waals surface area contributed by atoms with Crippen LogP contribution in [0.2, 0.25) is 5.02 Å². The van der Waals surface area contributed by atoms with Crippen molar-refractivity contribution in [1.82, 2.24) is 0 Å². The second kappa shape index (κ2) is 8.07. The van der Waals surface area contributed by atoms with Gasteiger partial charge in [-0.3, -0.25) is 9.59 Å². The van der Waals surface area contributed by atoms with Gasteiger partial charge < -0.3 is 0 Å². The Bertz CT molecular complexity index is 1350. The van der Waals surface area contributed by atoms with Gasteiger partial charge in [0.1, 0.15) is 0 Å². The molecule has 4 heteroatoms. The molecule has 3 nitrogen and oxygen atoms in total. The number of amides is 2. The molecule has 3 aliphatic rings. The van der Waals surface area contributed by atoms with Gasteiger partial charge in [0.2, 0.25) is 11.8 Å². The van der Waals surface area contributed by atoms with Crippen molar-refractivity contribution in [3.63, 3.8) is 0 Å². The van der Waals surface area contributed by atoms with Crippen molar-refractivity contribution in [1.29, 1.82) is 0 Å². The van der Waals surface area contributed by atoms with Gasteiger partial charge >= 0.3 is 0 Å². The van der Waals surface area contributed by atoms with Crippen LogP contribution in [-0.4, -0.2) is 11.8 Å². The number of benzene rings is 3. The highest BCUT2D eigenvalue weighted by Gasteiger charge is 2.62. The first-order valence-electron chi connectivity index (χ1n) is 12.1. The molecule has 0 spiro atoms. The van der Waals surface area contributed by atoms with E-state index >= 15 is 0 Å². The molecule has 0 N–H and O–H groups in total. The Labute approximate surface area is 210 Å². The highest BCUT2D eigenvalue weighted by molar-refractivity contribution is 6.31. The number of allylic oxidation sites excluding steroid dienone is 3. The third-order valence-corrected chi connectivity index (χ3v) is 8.03. The van der Waals surface area contributed by atoms with Crippen LogP contribution >= 0.6 is 11.6 Å². The fourth-order valence-corrected chi connectivity index (χ4v) is 6.26. The lowest BCUT2D eigenvalue weighted by molar-refractivity contribution is -0.122. The monoisotopic (exact) mass is 479 g/mol. The number of nitrogens with zero attached hydrogens (tertiary/aromatic N) is 1. The van der Waals surface area contributed by atoms with Crippen LogP contribution in [0.1, 0.15) is 27.8 Å². The van der Waals surface area contributed by atoms with E-state index in [9.17, 15) is 9.59 Å². The Kier molecular flexibility index (Phi) is 5.08. The van der Waals surface area contributed by atoms with E-state index in [0.29, 0.717) is 10.7 Å². The minimum Gasteiger partial charge on any atom is -0.274 e. The molecule has 2 fully saturated rings. The molecule has 35 heavy (non-hydrogen) atoms. The molecule has 1 aliphatic heterocycles. The van der Waals surface area contributed by atoms with E-state index in [1.807, 2.05) is 13.0 Å². The molecule has 0 unspecified atom stereocenters. The van der Waals surface area contributed by atoms with E-state index in [4.69, 9.17) is 11.6 Å². The smallest absolute Gasteiger partial charge is 0.238 e. The van der Waals surface area contributed by atoms with Crippen LogP contribution in [0, 0.1) is 44.4 Å². The molecule has 174 valence electrons. The van der Waals surface area contributed by atoms with Crippen LogP contribution in [-0.2, 0) is 9.59 Å². The Morgan fingerprint density at radius 3 is 1.69 bits per heavy atom. The molecule has 0 radical (unpaired) electrons. The third-order valence-electron chi connectivity index (χ3n) is 7.80. The van der Waals surface area contributed by atoms with Crippen LogP contribution in [0.3, 0.4) is 0 Å². The fourth-order valence-electron chi connectivity index (χ4n) is 6.10. The lowest BCUT2D eigenvalue weighted by Crippen LogP contribution is -2.33. The summed E-state index contributed by atoms with van der Waals surface area (Å²) < 4.78 is 0. The molecule has 2 aliphatic carbocycles. The normalized spacial score (nSPS) is 24.5. The molecule has 1 saturated heterocycles. The lowest BCUT2D eigenvalue weighted by Gasteiger charge is -2.23. The molecule has 0 aromatic heterocycles. The number of imide groups is 1. The summed E-state index contributed by atoms with van der Waals surface area (Å²) in [7, 11) is 0. The Morgan fingerprint density at radius 2 is 1.20 bits per heavy atom. The number of halogens is 1. The maximum atomic E-state index is 13.8. The molecular formula is C31H26ClNO2. The number of hydrogen-bond donors (Lipinski definition) is 0. The summed E-state index contributed by atoms with van der Waals surface area (Å²) in [6, 6.07) is 22.4. The van der Waals surface area contributed by atoms with Gasteiger partial charge in [-0.25, -0.2) is 4.90 Å². The first-order valence-corrected chi connectivity index (χ1v) is 12.4. The zero-order valence-corrected chi connectivity index (χ0v) is 20.7. The van der Waals surface area contributed by atoms with Gasteiger partial charge in [0, 0.05) is 16.9 Å². The van der Waals surface area contributed by atoms with Crippen LogP contribution in [0.25, 0.3) is 5.57 Å². The van der Waals surface area contributed by atoms with Crippen LogP contribution < -0.4 is 4.90 Å². The largest absolute Gasteiger partial charge is 0.274 e. The van der Waals surface area contributed by atoms with E-state index in [-0.39, 0.29) is 35.5 Å². The highest BCUT2D eigenvalue weighted by Crippen LogP contribution is 2.59. The van der Waals surface area contributed by atoms with Crippen molar-refractivity contribution >= 4 is 34.7 Å². The molecule has 2 bridgehead atoms. The van der Waals surface area contributed by atoms with E-state index in [1.165, 1.54) is 21.6 Å². The summed E-state index contributed by atoms with van der Waals surface area (Å²) in [4.78, 5) is 29.0. The van der Waals surface area contributed by atoms with Gasteiger partial charge in [-0.15, -0.1) is 0 Å². The molecule has 3 aromatic carbocycles. The van der Waals surface area contributed by atoms with Gasteiger partial charge in [-0.05, 0) is 60.7 Å². The number of carbonyl (C=O) groups excluding carboxylic acids is 2. The van der Waals surface area contributed by atoms with Crippen molar-refractivity contribution in [3.05, 3.63) is 117 Å². The summed E-state index contributed by atoms with van der Waals surface area (Å²) in [5, 5.41) is 0.519. The maximum Gasteiger partial charge on any atom is 0.238 e. The average Bonchev–Trinajstić information content (AvgIpc) is 3.47. The topological polar surface area (TPSA) is 37.4 Å². The van der Waals surface area contributed by atoms with Crippen molar-refractivity contribution in [2.24, 2.45) is 23.7 Å². The van der Waals surface area contributed by atoms with Crippen molar-refractivity contribution in [2.45, 2.75) is 20.8 Å². The fraction of sp³-hybridized carbons (Fsp3) is 0.226. The van der Waals surface area contributed by atoms with E-state index in [2.05, 4.69) is 74.5 Å². The predicted molar refractivity (Wildman–Crippen MR) is 140 cm³/mol. The molecule has 4 atom stereocenters. The lowest BCUT2D eigenvalue weighted by atomic mass is 9.85. The molecule has 3 aromatic rings. The quantitative estimate of drug-likeness (QED) is 0.310. The average molecular weight is 480 g/mol. The number of aryl methyl sites for hydroxylation is 3.